The van der Waals surface area contributed by atoms with E-state index in [1.807, 2.05) is 18.2 Å². The van der Waals surface area contributed by atoms with Crippen molar-refractivity contribution in [1.29, 1.82) is 0 Å². The van der Waals surface area contributed by atoms with Gasteiger partial charge in [-0.1, -0.05) is 42.0 Å². The summed E-state index contributed by atoms with van der Waals surface area (Å²) >= 11 is 6.41. The Kier molecular flexibility index (Phi) is 5.20. The van der Waals surface area contributed by atoms with Gasteiger partial charge in [0.1, 0.15) is 5.75 Å². The minimum Gasteiger partial charge on any atom is -0.545 e. The zero-order chi connectivity index (χ0) is 20.5. The second-order valence-corrected chi connectivity index (χ2v) is 7.49. The van der Waals surface area contributed by atoms with Gasteiger partial charge < -0.3 is 24.7 Å². The molecule has 0 saturated carbocycles. The number of carboxylic acid groups (broad SMARTS) is 1. The molecular formula is C22H19ClNO5-. The SMILES string of the molecule is COC(=O)COc1ccc([C@H]2Nc3c(Cl)ccc(C(=O)[O-])c3[C@H]3C=CC[C@@H]32)cc1. The number of nitrogens with one attached hydrogen (secondary N) is 1. The number of hydrogen-bond acceptors (Lipinski definition) is 6. The number of ether oxygens (including phenoxy) is 2. The van der Waals surface area contributed by atoms with Crippen molar-refractivity contribution in [2.45, 2.75) is 18.4 Å². The summed E-state index contributed by atoms with van der Waals surface area (Å²) in [6.07, 6.45) is 4.95. The number of esters is 1. The van der Waals surface area contributed by atoms with E-state index in [1.165, 1.54) is 13.2 Å². The number of carboxylic acids is 1. The first-order valence-electron chi connectivity index (χ1n) is 9.26. The molecule has 1 heterocycles. The first-order valence-corrected chi connectivity index (χ1v) is 9.64. The van der Waals surface area contributed by atoms with E-state index < -0.39 is 11.9 Å². The number of benzene rings is 2. The predicted molar refractivity (Wildman–Crippen MR) is 106 cm³/mol. The Labute approximate surface area is 173 Å². The van der Waals surface area contributed by atoms with Crippen molar-refractivity contribution in [3.8, 4) is 5.75 Å². The third kappa shape index (κ3) is 3.56. The average Bonchev–Trinajstić information content (AvgIpc) is 3.22. The topological polar surface area (TPSA) is 87.7 Å². The van der Waals surface area contributed by atoms with Gasteiger partial charge in [-0.3, -0.25) is 0 Å². The first kappa shape index (κ1) is 19.3. The second-order valence-electron chi connectivity index (χ2n) is 7.08. The van der Waals surface area contributed by atoms with Crippen molar-refractivity contribution < 1.29 is 24.2 Å². The van der Waals surface area contributed by atoms with Crippen LogP contribution in [-0.4, -0.2) is 25.7 Å². The Morgan fingerprint density at radius 1 is 1.21 bits per heavy atom. The molecule has 0 fully saturated rings. The number of hydrogen-bond donors (Lipinski definition) is 1. The molecule has 0 radical (unpaired) electrons. The Hall–Kier alpha value is -2.99. The summed E-state index contributed by atoms with van der Waals surface area (Å²) in [5, 5.41) is 15.6. The molecule has 1 aliphatic heterocycles. The minimum atomic E-state index is -1.20. The molecule has 29 heavy (non-hydrogen) atoms. The quantitative estimate of drug-likeness (QED) is 0.599. The molecule has 0 unspecified atom stereocenters. The molecule has 4 rings (SSSR count). The summed E-state index contributed by atoms with van der Waals surface area (Å²) in [6.45, 7) is -0.152. The van der Waals surface area contributed by atoms with Crippen molar-refractivity contribution in [2.75, 3.05) is 19.0 Å². The van der Waals surface area contributed by atoms with Gasteiger partial charge in [-0.05, 0) is 41.7 Å². The lowest BCUT2D eigenvalue weighted by atomic mass is 9.75. The zero-order valence-electron chi connectivity index (χ0n) is 15.7. The van der Waals surface area contributed by atoms with Gasteiger partial charge >= 0.3 is 5.97 Å². The molecule has 3 atom stereocenters. The van der Waals surface area contributed by atoms with Crippen LogP contribution in [0.2, 0.25) is 5.02 Å². The van der Waals surface area contributed by atoms with Gasteiger partial charge in [-0.25, -0.2) is 4.79 Å². The standard InChI is InChI=1S/C22H20ClNO5/c1-28-18(25)11-29-13-7-5-12(6-8-13)20-15-4-2-3-14(15)19-16(22(26)27)9-10-17(23)21(19)24-20/h2-3,5-10,14-15,20,24H,4,11H2,1H3,(H,26,27)/p-1/t14-,15-,20+/m0/s1. The van der Waals surface area contributed by atoms with E-state index in [-0.39, 0.29) is 30.0 Å². The molecule has 0 aromatic heterocycles. The predicted octanol–water partition coefficient (Wildman–Crippen LogP) is 3.08. The van der Waals surface area contributed by atoms with E-state index in [0.29, 0.717) is 22.0 Å². The highest BCUT2D eigenvalue weighted by atomic mass is 35.5. The van der Waals surface area contributed by atoms with Crippen molar-refractivity contribution in [3.63, 3.8) is 0 Å². The summed E-state index contributed by atoms with van der Waals surface area (Å²) in [7, 11) is 1.31. The van der Waals surface area contributed by atoms with Crippen LogP contribution in [0, 0.1) is 5.92 Å². The van der Waals surface area contributed by atoms with Crippen molar-refractivity contribution >= 4 is 29.2 Å². The Balaban J connectivity index is 1.65. The van der Waals surface area contributed by atoms with Gasteiger partial charge in [-0.2, -0.15) is 0 Å². The largest absolute Gasteiger partial charge is 0.545 e. The first-order chi connectivity index (χ1) is 14.0. The highest BCUT2D eigenvalue weighted by Gasteiger charge is 2.40. The molecule has 1 aliphatic carbocycles. The van der Waals surface area contributed by atoms with Gasteiger partial charge in [-0.15, -0.1) is 0 Å². The number of allylic oxidation sites excluding steroid dienone is 2. The fraction of sp³-hybridized carbons (Fsp3) is 0.273. The van der Waals surface area contributed by atoms with E-state index in [0.717, 1.165) is 12.0 Å². The number of anilines is 1. The van der Waals surface area contributed by atoms with Crippen LogP contribution in [0.3, 0.4) is 0 Å². The molecule has 2 aromatic carbocycles. The highest BCUT2D eigenvalue weighted by molar-refractivity contribution is 6.33. The van der Waals surface area contributed by atoms with Crippen molar-refractivity contribution in [2.24, 2.45) is 5.92 Å². The van der Waals surface area contributed by atoms with Crippen LogP contribution < -0.4 is 15.2 Å². The van der Waals surface area contributed by atoms with Gasteiger partial charge in [0, 0.05) is 11.5 Å². The summed E-state index contributed by atoms with van der Waals surface area (Å²) < 4.78 is 9.97. The van der Waals surface area contributed by atoms with Gasteiger partial charge in [0.05, 0.1) is 29.8 Å². The fourth-order valence-electron chi connectivity index (χ4n) is 4.15. The maximum atomic E-state index is 11.6. The molecule has 2 aliphatic rings. The average molecular weight is 413 g/mol. The van der Waals surface area contributed by atoms with E-state index in [1.54, 1.807) is 18.2 Å². The summed E-state index contributed by atoms with van der Waals surface area (Å²) in [5.74, 6) is -0.991. The van der Waals surface area contributed by atoms with E-state index >= 15 is 0 Å². The maximum absolute atomic E-state index is 11.6. The molecule has 0 saturated heterocycles. The van der Waals surface area contributed by atoms with Gasteiger partial charge in [0.2, 0.25) is 0 Å². The van der Waals surface area contributed by atoms with Crippen LogP contribution in [-0.2, 0) is 9.53 Å². The van der Waals surface area contributed by atoms with Crippen LogP contribution in [0.1, 0.15) is 39.9 Å². The van der Waals surface area contributed by atoms with Crippen LogP contribution in [0.25, 0.3) is 0 Å². The van der Waals surface area contributed by atoms with Crippen LogP contribution in [0.15, 0.2) is 48.6 Å². The molecule has 1 N–H and O–H groups in total. The Morgan fingerprint density at radius 3 is 2.66 bits per heavy atom. The van der Waals surface area contributed by atoms with E-state index in [9.17, 15) is 14.7 Å². The van der Waals surface area contributed by atoms with E-state index in [2.05, 4.69) is 16.1 Å². The number of rotatable bonds is 5. The summed E-state index contributed by atoms with van der Waals surface area (Å²) in [6, 6.07) is 10.5. The number of aromatic carboxylic acids is 1. The maximum Gasteiger partial charge on any atom is 0.343 e. The zero-order valence-corrected chi connectivity index (χ0v) is 16.4. The number of methoxy groups -OCH3 is 1. The normalized spacial score (nSPS) is 21.7. The van der Waals surface area contributed by atoms with Crippen molar-refractivity contribution in [1.82, 2.24) is 0 Å². The smallest absolute Gasteiger partial charge is 0.343 e. The number of carbonyl (C=O) groups excluding carboxylic acids is 2. The van der Waals surface area contributed by atoms with E-state index in [4.69, 9.17) is 16.3 Å². The molecule has 7 heteroatoms. The minimum absolute atomic E-state index is 0.0494. The Morgan fingerprint density at radius 2 is 1.97 bits per heavy atom. The third-order valence-corrected chi connectivity index (χ3v) is 5.83. The highest BCUT2D eigenvalue weighted by Crippen LogP contribution is 2.52. The van der Waals surface area contributed by atoms with Gasteiger partial charge in [0.15, 0.2) is 6.61 Å². The van der Waals surface area contributed by atoms with Gasteiger partial charge in [0.25, 0.3) is 0 Å². The number of fused-ring (bicyclic) bond motifs is 3. The molecule has 0 bridgehead atoms. The monoisotopic (exact) mass is 412 g/mol. The summed E-state index contributed by atoms with van der Waals surface area (Å²) in [4.78, 5) is 22.9. The lowest BCUT2D eigenvalue weighted by Gasteiger charge is -2.39. The Bertz CT molecular complexity index is 985. The van der Waals surface area contributed by atoms with Crippen molar-refractivity contribution in [3.05, 3.63) is 70.3 Å². The molecule has 2 aromatic rings. The van der Waals surface area contributed by atoms with Crippen LogP contribution in [0.5, 0.6) is 5.75 Å². The lowest BCUT2D eigenvalue weighted by Crippen LogP contribution is -2.33. The number of halogens is 1. The molecule has 150 valence electrons. The lowest BCUT2D eigenvalue weighted by molar-refractivity contribution is -0.255. The van der Waals surface area contributed by atoms with Crippen LogP contribution in [0.4, 0.5) is 5.69 Å². The molecule has 6 nitrogen and oxygen atoms in total. The third-order valence-electron chi connectivity index (χ3n) is 5.51. The molecular weight excluding hydrogens is 394 g/mol. The summed E-state index contributed by atoms with van der Waals surface area (Å²) in [5.41, 5.74) is 2.51. The molecule has 0 amide bonds. The fourth-order valence-corrected chi connectivity index (χ4v) is 4.37. The van der Waals surface area contributed by atoms with Crippen LogP contribution >= 0.6 is 11.6 Å². The second kappa shape index (κ2) is 7.79. The molecule has 0 spiro atoms. The number of carbonyl (C=O) groups is 2.